The maximum absolute atomic E-state index is 3.64. The van der Waals surface area contributed by atoms with Gasteiger partial charge in [-0.3, -0.25) is 0 Å². The molecule has 1 aromatic carbocycles. The second-order valence-corrected chi connectivity index (χ2v) is 4.45. The summed E-state index contributed by atoms with van der Waals surface area (Å²) in [4.78, 5) is 0. The van der Waals surface area contributed by atoms with Crippen LogP contribution in [-0.2, 0) is 6.42 Å². The lowest BCUT2D eigenvalue weighted by molar-refractivity contribution is 0.534. The van der Waals surface area contributed by atoms with Crippen LogP contribution in [0.25, 0.3) is 0 Å². The summed E-state index contributed by atoms with van der Waals surface area (Å²) in [5.41, 5.74) is 2.90. The van der Waals surface area contributed by atoms with Crippen molar-refractivity contribution in [3.05, 3.63) is 35.4 Å². The molecule has 2 rings (SSSR count). The molecule has 1 fully saturated rings. The molecule has 0 bridgehead atoms. The van der Waals surface area contributed by atoms with Crippen LogP contribution >= 0.6 is 0 Å². The molecule has 0 radical (unpaired) electrons. The minimum absolute atomic E-state index is 0.596. The summed E-state index contributed by atoms with van der Waals surface area (Å²) < 4.78 is 0. The molecule has 1 aromatic rings. The van der Waals surface area contributed by atoms with Crippen molar-refractivity contribution in [2.75, 3.05) is 6.54 Å². The first-order valence-corrected chi connectivity index (χ1v) is 6.22. The molecule has 1 aliphatic heterocycles. The highest BCUT2D eigenvalue weighted by Gasteiger charge is 2.12. The van der Waals surface area contributed by atoms with Crippen LogP contribution in [0.3, 0.4) is 0 Å². The molecule has 0 unspecified atom stereocenters. The Hall–Kier alpha value is -0.820. The van der Waals surface area contributed by atoms with Crippen molar-refractivity contribution in [3.63, 3.8) is 0 Å². The summed E-state index contributed by atoms with van der Waals surface area (Å²) in [7, 11) is 0. The Morgan fingerprint density at radius 2 is 1.93 bits per heavy atom. The van der Waals surface area contributed by atoms with Crippen molar-refractivity contribution in [1.82, 2.24) is 5.32 Å². The number of nitrogens with one attached hydrogen (secondary N) is 1. The topological polar surface area (TPSA) is 12.0 Å². The third-order valence-corrected chi connectivity index (χ3v) is 3.35. The Balaban J connectivity index is 2.06. The number of hydrogen-bond acceptors (Lipinski definition) is 1. The lowest BCUT2D eigenvalue weighted by Gasteiger charge is -2.16. The molecular formula is C14H21N. The van der Waals surface area contributed by atoms with E-state index in [4.69, 9.17) is 0 Å². The average molecular weight is 203 g/mol. The van der Waals surface area contributed by atoms with Crippen LogP contribution in [0.2, 0.25) is 0 Å². The van der Waals surface area contributed by atoms with Gasteiger partial charge in [0.05, 0.1) is 0 Å². The van der Waals surface area contributed by atoms with Crippen LogP contribution < -0.4 is 5.32 Å². The first-order valence-electron chi connectivity index (χ1n) is 6.22. The van der Waals surface area contributed by atoms with Crippen LogP contribution in [0, 0.1) is 0 Å². The van der Waals surface area contributed by atoms with Crippen molar-refractivity contribution in [2.24, 2.45) is 0 Å². The minimum atomic E-state index is 0.596. The Kier molecular flexibility index (Phi) is 3.79. The molecule has 82 valence electrons. The molecule has 1 aliphatic rings. The summed E-state index contributed by atoms with van der Waals surface area (Å²) in [6.45, 7) is 3.39. The Labute approximate surface area is 92.9 Å². The van der Waals surface area contributed by atoms with Crippen molar-refractivity contribution < 1.29 is 0 Å². The van der Waals surface area contributed by atoms with Crippen LogP contribution in [0.4, 0.5) is 0 Å². The van der Waals surface area contributed by atoms with Crippen molar-refractivity contribution in [3.8, 4) is 0 Å². The van der Waals surface area contributed by atoms with E-state index >= 15 is 0 Å². The minimum Gasteiger partial charge on any atom is -0.310 e. The third-order valence-electron chi connectivity index (χ3n) is 3.35. The summed E-state index contributed by atoms with van der Waals surface area (Å²) >= 11 is 0. The Bertz CT molecular complexity index is 281. The SMILES string of the molecule is CCc1ccc([C@H]2CCCCCN2)cc1. The van der Waals surface area contributed by atoms with E-state index in [1.54, 1.807) is 0 Å². The number of rotatable bonds is 2. The molecule has 0 aliphatic carbocycles. The van der Waals surface area contributed by atoms with Gasteiger partial charge in [-0.25, -0.2) is 0 Å². The molecule has 0 spiro atoms. The molecule has 1 N–H and O–H groups in total. The Morgan fingerprint density at radius 1 is 1.13 bits per heavy atom. The third kappa shape index (κ3) is 2.82. The molecule has 1 saturated heterocycles. The van der Waals surface area contributed by atoms with E-state index in [2.05, 4.69) is 36.5 Å². The van der Waals surface area contributed by atoms with Gasteiger partial charge >= 0.3 is 0 Å². The van der Waals surface area contributed by atoms with E-state index in [0.717, 1.165) is 6.42 Å². The predicted molar refractivity (Wildman–Crippen MR) is 65.0 cm³/mol. The standard InChI is InChI=1S/C14H21N/c1-2-12-7-9-13(10-8-12)14-6-4-3-5-11-15-14/h7-10,14-15H,2-6,11H2,1H3/t14-/m1/s1. The summed E-state index contributed by atoms with van der Waals surface area (Å²) in [5, 5.41) is 3.64. The van der Waals surface area contributed by atoms with E-state index in [1.165, 1.54) is 43.4 Å². The van der Waals surface area contributed by atoms with E-state index in [1.807, 2.05) is 0 Å². The monoisotopic (exact) mass is 203 g/mol. The van der Waals surface area contributed by atoms with Gasteiger partial charge in [-0.1, -0.05) is 44.0 Å². The van der Waals surface area contributed by atoms with Crippen molar-refractivity contribution in [2.45, 2.75) is 45.1 Å². The van der Waals surface area contributed by atoms with Gasteiger partial charge in [0.2, 0.25) is 0 Å². The molecule has 0 aromatic heterocycles. The first-order chi connectivity index (χ1) is 7.40. The molecule has 1 nitrogen and oxygen atoms in total. The van der Waals surface area contributed by atoms with Gasteiger partial charge in [-0.15, -0.1) is 0 Å². The van der Waals surface area contributed by atoms with E-state index < -0.39 is 0 Å². The fraction of sp³-hybridized carbons (Fsp3) is 0.571. The maximum Gasteiger partial charge on any atom is 0.0320 e. The van der Waals surface area contributed by atoms with Gasteiger partial charge in [0.1, 0.15) is 0 Å². The van der Waals surface area contributed by atoms with Gasteiger partial charge in [0.25, 0.3) is 0 Å². The van der Waals surface area contributed by atoms with Gasteiger partial charge < -0.3 is 5.32 Å². The molecule has 1 atom stereocenters. The normalized spacial score (nSPS) is 22.3. The van der Waals surface area contributed by atoms with Crippen LogP contribution in [0.1, 0.15) is 49.8 Å². The highest BCUT2D eigenvalue weighted by molar-refractivity contribution is 5.25. The second-order valence-electron chi connectivity index (χ2n) is 4.45. The summed E-state index contributed by atoms with van der Waals surface area (Å²) in [5.74, 6) is 0. The largest absolute Gasteiger partial charge is 0.310 e. The zero-order valence-electron chi connectivity index (χ0n) is 9.63. The van der Waals surface area contributed by atoms with Gasteiger partial charge in [-0.05, 0) is 36.9 Å². The second kappa shape index (κ2) is 5.32. The summed E-state index contributed by atoms with van der Waals surface area (Å²) in [6.07, 6.45) is 6.52. The van der Waals surface area contributed by atoms with E-state index in [0.29, 0.717) is 6.04 Å². The van der Waals surface area contributed by atoms with E-state index in [9.17, 15) is 0 Å². The zero-order chi connectivity index (χ0) is 10.5. The molecule has 1 heteroatoms. The number of hydrogen-bond donors (Lipinski definition) is 1. The lowest BCUT2D eigenvalue weighted by Crippen LogP contribution is -2.20. The molecule has 0 amide bonds. The van der Waals surface area contributed by atoms with Crippen LogP contribution in [0.15, 0.2) is 24.3 Å². The van der Waals surface area contributed by atoms with Crippen molar-refractivity contribution in [1.29, 1.82) is 0 Å². The molecule has 1 heterocycles. The van der Waals surface area contributed by atoms with Crippen LogP contribution in [-0.4, -0.2) is 6.54 Å². The van der Waals surface area contributed by atoms with Crippen LogP contribution in [0.5, 0.6) is 0 Å². The number of aryl methyl sites for hydroxylation is 1. The smallest absolute Gasteiger partial charge is 0.0320 e. The highest BCUT2D eigenvalue weighted by Crippen LogP contribution is 2.22. The van der Waals surface area contributed by atoms with E-state index in [-0.39, 0.29) is 0 Å². The lowest BCUT2D eigenvalue weighted by atomic mass is 10.0. The molecule has 15 heavy (non-hydrogen) atoms. The molecular weight excluding hydrogens is 182 g/mol. The summed E-state index contributed by atoms with van der Waals surface area (Å²) in [6, 6.07) is 9.71. The quantitative estimate of drug-likeness (QED) is 0.776. The first kappa shape index (κ1) is 10.7. The number of benzene rings is 1. The highest BCUT2D eigenvalue weighted by atomic mass is 14.9. The van der Waals surface area contributed by atoms with Crippen molar-refractivity contribution >= 4 is 0 Å². The Morgan fingerprint density at radius 3 is 2.67 bits per heavy atom. The van der Waals surface area contributed by atoms with Gasteiger partial charge in [0, 0.05) is 6.04 Å². The molecule has 0 saturated carbocycles. The fourth-order valence-corrected chi connectivity index (χ4v) is 2.30. The average Bonchev–Trinajstić information content (AvgIpc) is 2.58. The zero-order valence-corrected chi connectivity index (χ0v) is 9.63. The fourth-order valence-electron chi connectivity index (χ4n) is 2.30. The van der Waals surface area contributed by atoms with Gasteiger partial charge in [0.15, 0.2) is 0 Å². The van der Waals surface area contributed by atoms with Gasteiger partial charge in [-0.2, -0.15) is 0 Å². The predicted octanol–water partition coefficient (Wildman–Crippen LogP) is 3.45. The maximum atomic E-state index is 3.64.